The molecule has 0 fully saturated rings. The lowest BCUT2D eigenvalue weighted by Gasteiger charge is -2.14. The number of hydrogen-bond acceptors (Lipinski definition) is 3. The molecule has 0 unspecified atom stereocenters. The van der Waals surface area contributed by atoms with Gasteiger partial charge in [0.2, 0.25) is 0 Å². The van der Waals surface area contributed by atoms with Gasteiger partial charge in [0, 0.05) is 0 Å². The molecule has 2 aromatic rings. The highest BCUT2D eigenvalue weighted by molar-refractivity contribution is 7.08. The summed E-state index contributed by atoms with van der Waals surface area (Å²) in [6, 6.07) is 3.48. The van der Waals surface area contributed by atoms with Gasteiger partial charge in [-0.05, 0) is 46.5 Å². The third-order valence-electron chi connectivity index (χ3n) is 2.89. The minimum atomic E-state index is -4.53. The molecule has 0 saturated carbocycles. The zero-order chi connectivity index (χ0) is 14.9. The molecule has 0 spiro atoms. The van der Waals surface area contributed by atoms with E-state index in [1.165, 1.54) is 23.5 Å². The molecule has 6 heteroatoms. The lowest BCUT2D eigenvalue weighted by Crippen LogP contribution is -2.10. The van der Waals surface area contributed by atoms with Crippen LogP contribution >= 0.6 is 11.3 Å². The Kier molecular flexibility index (Phi) is 3.85. The molecule has 2 nitrogen and oxygen atoms in total. The van der Waals surface area contributed by atoms with Crippen LogP contribution in [0.5, 0.6) is 0 Å². The highest BCUT2D eigenvalue weighted by Gasteiger charge is 2.35. The number of esters is 1. The quantitative estimate of drug-likeness (QED) is 0.762. The summed E-state index contributed by atoms with van der Waals surface area (Å²) in [7, 11) is 1.13. The number of methoxy groups -OCH3 is 1. The average molecular weight is 300 g/mol. The van der Waals surface area contributed by atoms with E-state index in [1.807, 2.05) is 0 Å². The second kappa shape index (κ2) is 5.28. The zero-order valence-electron chi connectivity index (χ0n) is 10.7. The van der Waals surface area contributed by atoms with Crippen molar-refractivity contribution in [1.82, 2.24) is 0 Å². The van der Waals surface area contributed by atoms with Crippen LogP contribution in [0.25, 0.3) is 11.1 Å². The SMILES string of the molecule is COC(=O)c1ccc(-c2cscc2C)c(C(F)(F)F)c1. The lowest BCUT2D eigenvalue weighted by molar-refractivity contribution is -0.137. The fourth-order valence-electron chi connectivity index (χ4n) is 1.89. The van der Waals surface area contributed by atoms with E-state index >= 15 is 0 Å². The summed E-state index contributed by atoms with van der Waals surface area (Å²) in [6.07, 6.45) is -4.53. The molecule has 0 bridgehead atoms. The van der Waals surface area contributed by atoms with E-state index in [0.29, 0.717) is 5.56 Å². The van der Waals surface area contributed by atoms with E-state index in [2.05, 4.69) is 4.74 Å². The number of carbonyl (C=O) groups is 1. The van der Waals surface area contributed by atoms with Gasteiger partial charge in [-0.1, -0.05) is 6.07 Å². The first-order valence-electron chi connectivity index (χ1n) is 5.67. The van der Waals surface area contributed by atoms with Crippen LogP contribution in [0, 0.1) is 6.92 Å². The summed E-state index contributed by atoms with van der Waals surface area (Å²) in [5.41, 5.74) is 0.423. The molecule has 0 saturated heterocycles. The summed E-state index contributed by atoms with van der Waals surface area (Å²) in [5.74, 6) is -0.788. The molecule has 1 aromatic heterocycles. The summed E-state index contributed by atoms with van der Waals surface area (Å²) < 4.78 is 44.0. The third-order valence-corrected chi connectivity index (χ3v) is 3.75. The topological polar surface area (TPSA) is 26.3 Å². The standard InChI is InChI=1S/C14H11F3O2S/c1-8-6-20-7-11(8)10-4-3-9(13(18)19-2)5-12(10)14(15,16)17/h3-7H,1-2H3. The van der Waals surface area contributed by atoms with Crippen LogP contribution in [0.1, 0.15) is 21.5 Å². The highest BCUT2D eigenvalue weighted by Crippen LogP contribution is 2.39. The van der Waals surface area contributed by atoms with Crippen molar-refractivity contribution in [3.63, 3.8) is 0 Å². The van der Waals surface area contributed by atoms with Crippen molar-refractivity contribution in [3.05, 3.63) is 45.6 Å². The van der Waals surface area contributed by atoms with Crippen LogP contribution in [0.3, 0.4) is 0 Å². The smallest absolute Gasteiger partial charge is 0.417 e. The molecule has 1 aromatic carbocycles. The fraction of sp³-hybridized carbons (Fsp3) is 0.214. The minimum absolute atomic E-state index is 0.0731. The first kappa shape index (κ1) is 14.6. The molecule has 1 heterocycles. The number of hydrogen-bond donors (Lipinski definition) is 0. The van der Waals surface area contributed by atoms with Gasteiger partial charge < -0.3 is 4.74 Å². The largest absolute Gasteiger partial charge is 0.465 e. The first-order valence-corrected chi connectivity index (χ1v) is 6.61. The molecule has 0 aliphatic heterocycles. The number of ether oxygens (including phenoxy) is 1. The van der Waals surface area contributed by atoms with Crippen molar-refractivity contribution in [1.29, 1.82) is 0 Å². The van der Waals surface area contributed by atoms with Crippen molar-refractivity contribution in [2.75, 3.05) is 7.11 Å². The number of benzene rings is 1. The second-order valence-corrected chi connectivity index (χ2v) is 4.96. The first-order chi connectivity index (χ1) is 9.34. The molecule has 0 N–H and O–H groups in total. The Hall–Kier alpha value is -1.82. The molecule has 0 aliphatic carbocycles. The Morgan fingerprint density at radius 1 is 1.20 bits per heavy atom. The Labute approximate surface area is 117 Å². The molecule has 106 valence electrons. The van der Waals surface area contributed by atoms with Gasteiger partial charge in [0.1, 0.15) is 0 Å². The molecule has 20 heavy (non-hydrogen) atoms. The van der Waals surface area contributed by atoms with Gasteiger partial charge in [0.25, 0.3) is 0 Å². The van der Waals surface area contributed by atoms with Gasteiger partial charge in [-0.15, -0.1) is 0 Å². The Bertz CT molecular complexity index is 644. The van der Waals surface area contributed by atoms with Gasteiger partial charge in [-0.25, -0.2) is 4.79 Å². The van der Waals surface area contributed by atoms with Crippen molar-refractivity contribution in [2.24, 2.45) is 0 Å². The van der Waals surface area contributed by atoms with Crippen molar-refractivity contribution in [2.45, 2.75) is 13.1 Å². The van der Waals surface area contributed by atoms with Crippen LogP contribution in [0.2, 0.25) is 0 Å². The van der Waals surface area contributed by atoms with E-state index in [-0.39, 0.29) is 11.1 Å². The molecule has 2 rings (SSSR count). The molecule has 0 aliphatic rings. The summed E-state index contributed by atoms with van der Waals surface area (Å²) >= 11 is 1.34. The van der Waals surface area contributed by atoms with Gasteiger partial charge in [-0.2, -0.15) is 24.5 Å². The van der Waals surface area contributed by atoms with Crippen LogP contribution in [0.15, 0.2) is 29.0 Å². The van der Waals surface area contributed by atoms with Crippen LogP contribution < -0.4 is 0 Å². The van der Waals surface area contributed by atoms with E-state index in [4.69, 9.17) is 0 Å². The normalized spacial score (nSPS) is 11.4. The van der Waals surface area contributed by atoms with Gasteiger partial charge in [0.05, 0.1) is 18.2 Å². The predicted octanol–water partition coefficient (Wildman–Crippen LogP) is 4.53. The van der Waals surface area contributed by atoms with Crippen molar-refractivity contribution >= 4 is 17.3 Å². The lowest BCUT2D eigenvalue weighted by atomic mass is 9.97. The highest BCUT2D eigenvalue weighted by atomic mass is 32.1. The van der Waals surface area contributed by atoms with E-state index < -0.39 is 17.7 Å². The molecule has 0 atom stereocenters. The number of halogens is 3. The van der Waals surface area contributed by atoms with Crippen LogP contribution in [-0.4, -0.2) is 13.1 Å². The molecular formula is C14H11F3O2S. The van der Waals surface area contributed by atoms with Crippen LogP contribution in [0.4, 0.5) is 13.2 Å². The Morgan fingerprint density at radius 3 is 2.40 bits per heavy atom. The van der Waals surface area contributed by atoms with E-state index in [0.717, 1.165) is 18.7 Å². The number of carbonyl (C=O) groups excluding carboxylic acids is 1. The summed E-state index contributed by atoms with van der Waals surface area (Å²) in [6.45, 7) is 1.75. The predicted molar refractivity (Wildman–Crippen MR) is 70.8 cm³/mol. The molecular weight excluding hydrogens is 289 g/mol. The average Bonchev–Trinajstić information content (AvgIpc) is 2.82. The maximum absolute atomic E-state index is 13.2. The minimum Gasteiger partial charge on any atom is -0.465 e. The zero-order valence-corrected chi connectivity index (χ0v) is 11.6. The van der Waals surface area contributed by atoms with Crippen molar-refractivity contribution in [3.8, 4) is 11.1 Å². The van der Waals surface area contributed by atoms with E-state index in [9.17, 15) is 18.0 Å². The third kappa shape index (κ3) is 2.70. The van der Waals surface area contributed by atoms with Crippen LogP contribution in [-0.2, 0) is 10.9 Å². The molecule has 0 amide bonds. The number of alkyl halides is 3. The number of thiophene rings is 1. The second-order valence-electron chi connectivity index (χ2n) is 4.22. The Balaban J connectivity index is 2.64. The van der Waals surface area contributed by atoms with Gasteiger partial charge in [0.15, 0.2) is 0 Å². The maximum Gasteiger partial charge on any atom is 0.417 e. The molecule has 0 radical (unpaired) electrons. The van der Waals surface area contributed by atoms with Crippen molar-refractivity contribution < 1.29 is 22.7 Å². The van der Waals surface area contributed by atoms with Gasteiger partial charge >= 0.3 is 12.1 Å². The number of aryl methyl sites for hydroxylation is 1. The maximum atomic E-state index is 13.2. The number of rotatable bonds is 2. The summed E-state index contributed by atoms with van der Waals surface area (Å²) in [5, 5.41) is 3.45. The van der Waals surface area contributed by atoms with Gasteiger partial charge in [-0.3, -0.25) is 0 Å². The Morgan fingerprint density at radius 2 is 1.90 bits per heavy atom. The summed E-state index contributed by atoms with van der Waals surface area (Å²) in [4.78, 5) is 11.4. The van der Waals surface area contributed by atoms with E-state index in [1.54, 1.807) is 17.7 Å². The monoisotopic (exact) mass is 300 g/mol. The fourth-order valence-corrected chi connectivity index (χ4v) is 2.74.